The van der Waals surface area contributed by atoms with Crippen molar-refractivity contribution in [3.8, 4) is 0 Å². The summed E-state index contributed by atoms with van der Waals surface area (Å²) in [6, 6.07) is 0. The lowest BCUT2D eigenvalue weighted by Gasteiger charge is -2.28. The number of ether oxygens (including phenoxy) is 1. The first-order chi connectivity index (χ1) is 13.7. The summed E-state index contributed by atoms with van der Waals surface area (Å²) < 4.78 is 5.12. The first kappa shape index (κ1) is 23.1. The van der Waals surface area contributed by atoms with Crippen molar-refractivity contribution in [3.05, 3.63) is 0 Å². The number of hydrogen-bond donors (Lipinski definition) is 4. The molecule has 2 aliphatic rings. The van der Waals surface area contributed by atoms with Gasteiger partial charge in [0.05, 0.1) is 19.1 Å². The first-order valence-electron chi connectivity index (χ1n) is 11.0. The fourth-order valence-electron chi connectivity index (χ4n) is 3.85. The van der Waals surface area contributed by atoms with Crippen LogP contribution in [-0.4, -0.2) is 88.8 Å². The van der Waals surface area contributed by atoms with Gasteiger partial charge in [-0.05, 0) is 38.5 Å². The summed E-state index contributed by atoms with van der Waals surface area (Å²) in [6.45, 7) is 10.8. The van der Waals surface area contributed by atoms with Crippen molar-refractivity contribution >= 4 is 11.9 Å². The maximum atomic E-state index is 12.4. The Morgan fingerprint density at radius 1 is 0.929 bits per heavy atom. The number of carbonyl (C=O) groups excluding carboxylic acids is 2. The van der Waals surface area contributed by atoms with Crippen LogP contribution in [0.25, 0.3) is 0 Å². The third-order valence-electron chi connectivity index (χ3n) is 5.59. The van der Waals surface area contributed by atoms with Crippen LogP contribution in [0.3, 0.4) is 0 Å². The Hall–Kier alpha value is -1.22. The molecule has 0 atom stereocenters. The lowest BCUT2D eigenvalue weighted by molar-refractivity contribution is -0.149. The van der Waals surface area contributed by atoms with Gasteiger partial charge in [-0.25, -0.2) is 0 Å². The van der Waals surface area contributed by atoms with E-state index in [4.69, 9.17) is 4.74 Å². The molecule has 0 aromatic carbocycles. The van der Waals surface area contributed by atoms with E-state index in [9.17, 15) is 9.59 Å². The molecule has 28 heavy (non-hydrogen) atoms. The van der Waals surface area contributed by atoms with Crippen LogP contribution in [0.2, 0.25) is 0 Å². The third kappa shape index (κ3) is 9.32. The van der Waals surface area contributed by atoms with E-state index in [-0.39, 0.29) is 17.8 Å². The smallest absolute Gasteiger partial charge is 0.308 e. The van der Waals surface area contributed by atoms with Gasteiger partial charge in [0, 0.05) is 58.9 Å². The van der Waals surface area contributed by atoms with Crippen LogP contribution in [0.5, 0.6) is 0 Å². The first-order valence-corrected chi connectivity index (χ1v) is 11.0. The molecule has 8 nitrogen and oxygen atoms in total. The zero-order chi connectivity index (χ0) is 20.0. The molecular formula is C20H39N5O3. The Morgan fingerprint density at radius 2 is 1.50 bits per heavy atom. The Kier molecular flexibility index (Phi) is 11.4. The van der Waals surface area contributed by atoms with E-state index < -0.39 is 0 Å². The molecule has 0 spiro atoms. The van der Waals surface area contributed by atoms with Gasteiger partial charge in [-0.1, -0.05) is 0 Å². The molecule has 1 aliphatic heterocycles. The molecule has 0 aromatic rings. The van der Waals surface area contributed by atoms with Crippen molar-refractivity contribution < 1.29 is 14.3 Å². The molecule has 1 aliphatic carbocycles. The van der Waals surface area contributed by atoms with Crippen LogP contribution in [-0.2, 0) is 14.3 Å². The van der Waals surface area contributed by atoms with Gasteiger partial charge in [0.15, 0.2) is 0 Å². The van der Waals surface area contributed by atoms with Crippen LogP contribution in [0, 0.1) is 11.8 Å². The number of carbonyl (C=O) groups is 2. The van der Waals surface area contributed by atoms with Crippen molar-refractivity contribution in [1.82, 2.24) is 26.2 Å². The van der Waals surface area contributed by atoms with Crippen LogP contribution < -0.4 is 21.3 Å². The predicted molar refractivity (Wildman–Crippen MR) is 110 cm³/mol. The molecule has 8 heteroatoms. The molecule has 1 heterocycles. The number of amides is 1. The largest absolute Gasteiger partial charge is 0.466 e. The normalized spacial score (nSPS) is 25.9. The van der Waals surface area contributed by atoms with E-state index in [0.717, 1.165) is 78.0 Å². The van der Waals surface area contributed by atoms with Crippen LogP contribution in [0.15, 0.2) is 0 Å². The van der Waals surface area contributed by atoms with Crippen LogP contribution >= 0.6 is 0 Å². The molecule has 0 aromatic heterocycles. The van der Waals surface area contributed by atoms with Gasteiger partial charge in [-0.2, -0.15) is 0 Å². The van der Waals surface area contributed by atoms with Crippen LogP contribution in [0.1, 0.15) is 32.6 Å². The highest BCUT2D eigenvalue weighted by molar-refractivity contribution is 5.78. The summed E-state index contributed by atoms with van der Waals surface area (Å²) >= 11 is 0. The van der Waals surface area contributed by atoms with Crippen molar-refractivity contribution in [1.29, 1.82) is 0 Å². The van der Waals surface area contributed by atoms with Gasteiger partial charge in [0.1, 0.15) is 0 Å². The zero-order valence-corrected chi connectivity index (χ0v) is 17.4. The number of nitrogens with zero attached hydrogens (tertiary/aromatic N) is 1. The van der Waals surface area contributed by atoms with Crippen molar-refractivity contribution in [2.75, 3.05) is 72.1 Å². The maximum Gasteiger partial charge on any atom is 0.308 e. The van der Waals surface area contributed by atoms with Gasteiger partial charge in [-0.15, -0.1) is 0 Å². The quantitative estimate of drug-likeness (QED) is 0.451. The van der Waals surface area contributed by atoms with E-state index in [1.807, 2.05) is 6.92 Å². The second kappa shape index (κ2) is 13.9. The number of nitrogens with one attached hydrogen (secondary N) is 4. The summed E-state index contributed by atoms with van der Waals surface area (Å²) in [7, 11) is 0. The van der Waals surface area contributed by atoms with Gasteiger partial charge in [0.2, 0.25) is 5.91 Å². The second-order valence-corrected chi connectivity index (χ2v) is 7.80. The summed E-state index contributed by atoms with van der Waals surface area (Å²) in [5.74, 6) is 0.556. The molecule has 2 fully saturated rings. The minimum Gasteiger partial charge on any atom is -0.466 e. The number of rotatable bonds is 6. The van der Waals surface area contributed by atoms with Gasteiger partial charge in [0.25, 0.3) is 0 Å². The van der Waals surface area contributed by atoms with Crippen molar-refractivity contribution in [2.45, 2.75) is 32.6 Å². The average molecular weight is 398 g/mol. The van der Waals surface area contributed by atoms with Gasteiger partial charge >= 0.3 is 5.97 Å². The predicted octanol–water partition coefficient (Wildman–Crippen LogP) is -0.443. The fourth-order valence-corrected chi connectivity index (χ4v) is 3.85. The summed E-state index contributed by atoms with van der Waals surface area (Å²) in [4.78, 5) is 26.4. The monoisotopic (exact) mass is 397 g/mol. The maximum absolute atomic E-state index is 12.4. The lowest BCUT2D eigenvalue weighted by atomic mass is 9.82. The van der Waals surface area contributed by atoms with E-state index in [1.54, 1.807) is 0 Å². The molecule has 1 saturated heterocycles. The standard InChI is InChI=1S/C20H39N5O3/c1-2-28-20(27)18-5-3-17(4-6-18)15-24-19(26)16-25-13-11-22-9-7-21-8-10-23-12-14-25/h17-18,21-23H,2-16H2,1H3,(H,24,26). The lowest BCUT2D eigenvalue weighted by Crippen LogP contribution is -2.46. The van der Waals surface area contributed by atoms with Gasteiger partial charge < -0.3 is 26.0 Å². The molecule has 1 saturated carbocycles. The van der Waals surface area contributed by atoms with E-state index in [0.29, 0.717) is 25.6 Å². The highest BCUT2D eigenvalue weighted by Crippen LogP contribution is 2.29. The highest BCUT2D eigenvalue weighted by Gasteiger charge is 2.27. The molecule has 4 N–H and O–H groups in total. The number of esters is 1. The zero-order valence-electron chi connectivity index (χ0n) is 17.4. The van der Waals surface area contributed by atoms with E-state index in [2.05, 4.69) is 26.2 Å². The Bertz CT molecular complexity index is 443. The minimum atomic E-state index is -0.0571. The fraction of sp³-hybridized carbons (Fsp3) is 0.900. The molecule has 0 radical (unpaired) electrons. The summed E-state index contributed by atoms with van der Waals surface area (Å²) in [5, 5.41) is 13.3. The Balaban J connectivity index is 1.64. The molecule has 162 valence electrons. The molecule has 2 rings (SSSR count). The number of hydrogen-bond acceptors (Lipinski definition) is 7. The third-order valence-corrected chi connectivity index (χ3v) is 5.59. The Morgan fingerprint density at radius 3 is 2.07 bits per heavy atom. The Labute approximate surface area is 169 Å². The minimum absolute atomic E-state index is 0.0458. The van der Waals surface area contributed by atoms with E-state index >= 15 is 0 Å². The molecule has 1 amide bonds. The molecular weight excluding hydrogens is 358 g/mol. The average Bonchev–Trinajstić information content (AvgIpc) is 2.69. The van der Waals surface area contributed by atoms with Crippen LogP contribution in [0.4, 0.5) is 0 Å². The molecule has 0 bridgehead atoms. The SMILES string of the molecule is CCOC(=O)C1CCC(CNC(=O)CN2CCNCCNCCNCC2)CC1. The van der Waals surface area contributed by atoms with E-state index in [1.165, 1.54) is 0 Å². The second-order valence-electron chi connectivity index (χ2n) is 7.80. The van der Waals surface area contributed by atoms with Crippen molar-refractivity contribution in [2.24, 2.45) is 11.8 Å². The topological polar surface area (TPSA) is 94.7 Å². The van der Waals surface area contributed by atoms with Gasteiger partial charge in [-0.3, -0.25) is 14.5 Å². The highest BCUT2D eigenvalue weighted by atomic mass is 16.5. The summed E-state index contributed by atoms with van der Waals surface area (Å²) in [6.07, 6.45) is 3.71. The molecule has 0 unspecified atom stereocenters. The summed E-state index contributed by atoms with van der Waals surface area (Å²) in [5.41, 5.74) is 0. The van der Waals surface area contributed by atoms with Crippen molar-refractivity contribution in [3.63, 3.8) is 0 Å².